The summed E-state index contributed by atoms with van der Waals surface area (Å²) < 4.78 is 5.53. The summed E-state index contributed by atoms with van der Waals surface area (Å²) in [6.45, 7) is 7.13. The number of nitrogens with one attached hydrogen (secondary N) is 3. The highest BCUT2D eigenvalue weighted by Crippen LogP contribution is 2.31. The molecule has 0 fully saturated rings. The van der Waals surface area contributed by atoms with Crippen molar-refractivity contribution < 1.29 is 4.74 Å². The highest BCUT2D eigenvalue weighted by Gasteiger charge is 2.18. The van der Waals surface area contributed by atoms with Crippen LogP contribution in [0.4, 0.5) is 11.6 Å². The van der Waals surface area contributed by atoms with Crippen LogP contribution in [0.15, 0.2) is 55.0 Å². The summed E-state index contributed by atoms with van der Waals surface area (Å²) in [7, 11) is 3.68. The van der Waals surface area contributed by atoms with Crippen LogP contribution < -0.4 is 20.7 Å². The van der Waals surface area contributed by atoms with E-state index in [1.807, 2.05) is 43.6 Å². The number of benzene rings is 1. The average Bonchev–Trinajstić information content (AvgIpc) is 2.85. The van der Waals surface area contributed by atoms with Crippen molar-refractivity contribution in [2.75, 3.05) is 44.4 Å². The third-order valence-electron chi connectivity index (χ3n) is 5.72. The van der Waals surface area contributed by atoms with E-state index in [0.29, 0.717) is 11.8 Å². The molecule has 3 N–H and O–H groups in total. The van der Waals surface area contributed by atoms with Gasteiger partial charge in [-0.1, -0.05) is 32.0 Å². The summed E-state index contributed by atoms with van der Waals surface area (Å²) in [5.74, 6) is 3.35. The third-order valence-corrected chi connectivity index (χ3v) is 5.72. The molecule has 0 saturated carbocycles. The molecule has 7 heteroatoms. The molecule has 2 aromatic heterocycles. The molecule has 0 aliphatic carbocycles. The van der Waals surface area contributed by atoms with Gasteiger partial charge in [0.2, 0.25) is 0 Å². The maximum atomic E-state index is 5.53. The Morgan fingerprint density at radius 3 is 2.53 bits per heavy atom. The van der Waals surface area contributed by atoms with Crippen LogP contribution in [0.3, 0.4) is 0 Å². The van der Waals surface area contributed by atoms with E-state index in [0.717, 1.165) is 54.7 Å². The van der Waals surface area contributed by atoms with Crippen LogP contribution in [0, 0.1) is 5.92 Å². The van der Waals surface area contributed by atoms with E-state index in [9.17, 15) is 0 Å². The van der Waals surface area contributed by atoms with Gasteiger partial charge in [-0.2, -0.15) is 0 Å². The van der Waals surface area contributed by atoms with Gasteiger partial charge < -0.3 is 20.7 Å². The number of pyridine rings is 1. The molecule has 0 spiro atoms. The summed E-state index contributed by atoms with van der Waals surface area (Å²) >= 11 is 0. The fourth-order valence-electron chi connectivity index (χ4n) is 3.53. The van der Waals surface area contributed by atoms with Crippen LogP contribution in [0.2, 0.25) is 0 Å². The minimum absolute atomic E-state index is 0.345. The van der Waals surface area contributed by atoms with Gasteiger partial charge in [0, 0.05) is 30.9 Å². The zero-order valence-corrected chi connectivity index (χ0v) is 19.4. The number of methoxy groups -OCH3 is 1. The third kappa shape index (κ3) is 6.40. The summed E-state index contributed by atoms with van der Waals surface area (Å²) in [5.41, 5.74) is 3.03. The molecule has 2 atom stereocenters. The van der Waals surface area contributed by atoms with Gasteiger partial charge in [-0.3, -0.25) is 0 Å². The van der Waals surface area contributed by atoms with E-state index >= 15 is 0 Å². The Kier molecular flexibility index (Phi) is 8.80. The molecular weight excluding hydrogens is 400 g/mol. The Labute approximate surface area is 191 Å². The van der Waals surface area contributed by atoms with Crippen molar-refractivity contribution in [1.29, 1.82) is 0 Å². The van der Waals surface area contributed by atoms with Crippen molar-refractivity contribution in [2.24, 2.45) is 5.92 Å². The number of ether oxygens (including phenoxy) is 1. The summed E-state index contributed by atoms with van der Waals surface area (Å²) in [4.78, 5) is 13.3. The monoisotopic (exact) mass is 434 g/mol. The topological polar surface area (TPSA) is 84.0 Å². The Balaban J connectivity index is 1.59. The lowest BCUT2D eigenvalue weighted by molar-refractivity contribution is 0.397. The summed E-state index contributed by atoms with van der Waals surface area (Å²) in [6.07, 6.45) is 4.49. The second-order valence-electron chi connectivity index (χ2n) is 7.99. The largest absolute Gasteiger partial charge is 0.496 e. The molecule has 0 aliphatic heterocycles. The number of para-hydroxylation sites is 1. The number of aromatic nitrogens is 3. The van der Waals surface area contributed by atoms with Gasteiger partial charge in [0.25, 0.3) is 0 Å². The lowest BCUT2D eigenvalue weighted by Gasteiger charge is -2.23. The molecule has 3 rings (SSSR count). The maximum Gasteiger partial charge on any atom is 0.129 e. The fourth-order valence-corrected chi connectivity index (χ4v) is 3.53. The van der Waals surface area contributed by atoms with E-state index in [-0.39, 0.29) is 0 Å². The second-order valence-corrected chi connectivity index (χ2v) is 7.99. The average molecular weight is 435 g/mol. The number of hydrogen-bond donors (Lipinski definition) is 3. The molecule has 0 saturated heterocycles. The van der Waals surface area contributed by atoms with Gasteiger partial charge in [-0.25, -0.2) is 15.0 Å². The molecule has 0 radical (unpaired) electrons. The van der Waals surface area contributed by atoms with Crippen molar-refractivity contribution in [2.45, 2.75) is 26.2 Å². The van der Waals surface area contributed by atoms with Crippen molar-refractivity contribution in [3.05, 3.63) is 60.6 Å². The predicted octanol–water partition coefficient (Wildman–Crippen LogP) is 4.42. The maximum absolute atomic E-state index is 5.53. The molecule has 170 valence electrons. The van der Waals surface area contributed by atoms with Crippen molar-refractivity contribution in [3.8, 4) is 17.0 Å². The highest BCUT2D eigenvalue weighted by molar-refractivity contribution is 5.62. The first-order valence-corrected chi connectivity index (χ1v) is 11.2. The molecule has 2 heterocycles. The molecule has 3 aromatic rings. The van der Waals surface area contributed by atoms with E-state index in [2.05, 4.69) is 56.9 Å². The van der Waals surface area contributed by atoms with Crippen LogP contribution in [0.1, 0.15) is 31.7 Å². The van der Waals surface area contributed by atoms with E-state index in [1.165, 1.54) is 5.56 Å². The Bertz CT molecular complexity index is 963. The minimum atomic E-state index is 0.345. The van der Waals surface area contributed by atoms with Crippen LogP contribution in [0.5, 0.6) is 5.75 Å². The molecule has 7 nitrogen and oxygen atoms in total. The molecule has 1 aromatic carbocycles. The molecule has 0 bridgehead atoms. The quantitative estimate of drug-likeness (QED) is 0.364. The molecule has 0 amide bonds. The van der Waals surface area contributed by atoms with Crippen LogP contribution >= 0.6 is 0 Å². The first kappa shape index (κ1) is 23.5. The number of rotatable bonds is 12. The lowest BCUT2D eigenvalue weighted by Crippen LogP contribution is -2.18. The molecule has 32 heavy (non-hydrogen) atoms. The number of hydrogen-bond acceptors (Lipinski definition) is 7. The molecule has 0 aliphatic rings. The number of anilines is 2. The van der Waals surface area contributed by atoms with E-state index in [1.54, 1.807) is 13.4 Å². The van der Waals surface area contributed by atoms with Crippen LogP contribution in [0.25, 0.3) is 11.3 Å². The van der Waals surface area contributed by atoms with Crippen LogP contribution in [-0.4, -0.2) is 48.7 Å². The normalized spacial score (nSPS) is 12.8. The first-order valence-electron chi connectivity index (χ1n) is 11.2. The predicted molar refractivity (Wildman–Crippen MR) is 131 cm³/mol. The van der Waals surface area contributed by atoms with Gasteiger partial charge in [0.05, 0.1) is 12.8 Å². The summed E-state index contributed by atoms with van der Waals surface area (Å²) in [6, 6.07) is 14.2. The summed E-state index contributed by atoms with van der Waals surface area (Å²) in [5, 5.41) is 9.93. The van der Waals surface area contributed by atoms with E-state index in [4.69, 9.17) is 4.74 Å². The van der Waals surface area contributed by atoms with Crippen molar-refractivity contribution in [3.63, 3.8) is 0 Å². The lowest BCUT2D eigenvalue weighted by atomic mass is 9.88. The standard InChI is InChI=1S/C25H34N6O/c1-18(19(2)21-8-5-6-9-23(21)32-4)15-28-25-14-22(30-17-31-25)20-10-11-24(29-16-20)27-13-7-12-26-3/h5-6,8-11,14,16-19,26H,7,12-13,15H2,1-4H3,(H,27,29)(H,28,30,31)/t18-,19?/m1/s1. The molecule has 1 unspecified atom stereocenters. The van der Waals surface area contributed by atoms with E-state index < -0.39 is 0 Å². The van der Waals surface area contributed by atoms with Gasteiger partial charge in [0.15, 0.2) is 0 Å². The first-order chi connectivity index (χ1) is 15.6. The Morgan fingerprint density at radius 1 is 0.938 bits per heavy atom. The zero-order valence-electron chi connectivity index (χ0n) is 19.4. The van der Waals surface area contributed by atoms with Crippen LogP contribution in [-0.2, 0) is 0 Å². The smallest absolute Gasteiger partial charge is 0.129 e. The Morgan fingerprint density at radius 2 is 1.78 bits per heavy atom. The minimum Gasteiger partial charge on any atom is -0.496 e. The SMILES string of the molecule is CNCCCNc1ccc(-c2cc(NC[C@@H](C)C(C)c3ccccc3OC)ncn2)cn1. The van der Waals surface area contributed by atoms with Gasteiger partial charge >= 0.3 is 0 Å². The van der Waals surface area contributed by atoms with Gasteiger partial charge in [-0.05, 0) is 55.6 Å². The number of nitrogens with zero attached hydrogens (tertiary/aromatic N) is 3. The van der Waals surface area contributed by atoms with Gasteiger partial charge in [-0.15, -0.1) is 0 Å². The zero-order chi connectivity index (χ0) is 22.8. The van der Waals surface area contributed by atoms with Crippen molar-refractivity contribution in [1.82, 2.24) is 20.3 Å². The second kappa shape index (κ2) is 12.0. The fraction of sp³-hybridized carbons (Fsp3) is 0.400. The molecular formula is C25H34N6O. The van der Waals surface area contributed by atoms with Crippen molar-refractivity contribution >= 4 is 11.6 Å². The highest BCUT2D eigenvalue weighted by atomic mass is 16.5. The Hall–Kier alpha value is -3.19. The van der Waals surface area contributed by atoms with Gasteiger partial charge in [0.1, 0.15) is 23.7 Å².